The molecule has 5 nitrogen and oxygen atoms in total. The summed E-state index contributed by atoms with van der Waals surface area (Å²) in [5, 5.41) is 0. The van der Waals surface area contributed by atoms with Gasteiger partial charge in [-0.2, -0.15) is 0 Å². The second kappa shape index (κ2) is 7.99. The summed E-state index contributed by atoms with van der Waals surface area (Å²) in [6, 6.07) is 16.0. The van der Waals surface area contributed by atoms with Gasteiger partial charge in [0, 0.05) is 32.1 Å². The van der Waals surface area contributed by atoms with Crippen LogP contribution in [0.25, 0.3) is 0 Å². The molecule has 29 heavy (non-hydrogen) atoms. The van der Waals surface area contributed by atoms with Crippen molar-refractivity contribution in [2.75, 3.05) is 23.4 Å². The molecular weight excluding hydrogens is 362 g/mol. The summed E-state index contributed by atoms with van der Waals surface area (Å²) >= 11 is 0. The van der Waals surface area contributed by atoms with E-state index >= 15 is 0 Å². The molecule has 0 spiro atoms. The summed E-state index contributed by atoms with van der Waals surface area (Å²) in [4.78, 5) is 32.4. The maximum absolute atomic E-state index is 13.5. The first-order valence-corrected chi connectivity index (χ1v) is 10.5. The number of anilines is 3. The lowest BCUT2D eigenvalue weighted by Gasteiger charge is -2.39. The van der Waals surface area contributed by atoms with Crippen LogP contribution >= 0.6 is 0 Å². The number of fused-ring (bicyclic) bond motifs is 2. The Morgan fingerprint density at radius 1 is 0.931 bits per heavy atom. The lowest BCUT2D eigenvalue weighted by Crippen LogP contribution is -2.45. The van der Waals surface area contributed by atoms with Gasteiger partial charge < -0.3 is 4.90 Å². The lowest BCUT2D eigenvalue weighted by atomic mass is 9.97. The van der Waals surface area contributed by atoms with Crippen LogP contribution in [0.1, 0.15) is 49.9 Å². The number of amides is 2. The molecule has 0 aliphatic carbocycles. The molecule has 0 aromatic heterocycles. The van der Waals surface area contributed by atoms with Gasteiger partial charge >= 0.3 is 0 Å². The predicted molar refractivity (Wildman–Crippen MR) is 117 cm³/mol. The van der Waals surface area contributed by atoms with Gasteiger partial charge in [-0.15, -0.1) is 0 Å². The first-order valence-electron chi connectivity index (χ1n) is 10.5. The molecule has 1 fully saturated rings. The van der Waals surface area contributed by atoms with Crippen molar-refractivity contribution in [2.45, 2.75) is 51.6 Å². The highest BCUT2D eigenvalue weighted by atomic mass is 16.2. The molecule has 2 amide bonds. The molecular formula is C24H29N3O2. The van der Waals surface area contributed by atoms with Gasteiger partial charge in [-0.05, 0) is 51.0 Å². The lowest BCUT2D eigenvalue weighted by molar-refractivity contribution is -0.118. The van der Waals surface area contributed by atoms with Crippen molar-refractivity contribution in [2.24, 2.45) is 0 Å². The minimum absolute atomic E-state index is 0.0259. The summed E-state index contributed by atoms with van der Waals surface area (Å²) in [5.74, 6) is -0.0698. The molecule has 2 atom stereocenters. The minimum atomic E-state index is -0.0957. The fraction of sp³-hybridized carbons (Fsp3) is 0.417. The molecule has 0 radical (unpaired) electrons. The van der Waals surface area contributed by atoms with Crippen LogP contribution in [0.3, 0.4) is 0 Å². The Kier molecular flexibility index (Phi) is 5.41. The average molecular weight is 392 g/mol. The number of piperidine rings is 1. The monoisotopic (exact) mass is 391 g/mol. The van der Waals surface area contributed by atoms with Gasteiger partial charge in [0.1, 0.15) is 0 Å². The van der Waals surface area contributed by atoms with E-state index in [1.807, 2.05) is 42.5 Å². The zero-order valence-corrected chi connectivity index (χ0v) is 17.5. The van der Waals surface area contributed by atoms with Gasteiger partial charge in [0.2, 0.25) is 5.91 Å². The molecule has 2 aromatic carbocycles. The van der Waals surface area contributed by atoms with Gasteiger partial charge in [0.15, 0.2) is 0 Å². The van der Waals surface area contributed by atoms with Crippen molar-refractivity contribution in [1.82, 2.24) is 4.90 Å². The normalized spacial score (nSPS) is 22.1. The number of rotatable bonds is 3. The molecule has 152 valence electrons. The Bertz CT molecular complexity index is 916. The Morgan fingerprint density at radius 2 is 1.52 bits per heavy atom. The molecule has 0 bridgehead atoms. The third-order valence-electron chi connectivity index (χ3n) is 6.37. The molecule has 2 unspecified atom stereocenters. The maximum Gasteiger partial charge on any atom is 0.260 e. The zero-order chi connectivity index (χ0) is 20.5. The van der Waals surface area contributed by atoms with Crippen LogP contribution in [0.2, 0.25) is 0 Å². The summed E-state index contributed by atoms with van der Waals surface area (Å²) in [6.45, 7) is 5.25. The SMILES string of the molecule is CC1CCCC(C)N1CCC(=O)N1c2ccccc2C(=O)N(C)c2ccccc21. The van der Waals surface area contributed by atoms with Crippen molar-refractivity contribution in [3.05, 3.63) is 54.1 Å². The summed E-state index contributed by atoms with van der Waals surface area (Å²) < 4.78 is 0. The Labute approximate surface area is 172 Å². The molecule has 2 aliphatic heterocycles. The first-order chi connectivity index (χ1) is 14.0. The Balaban J connectivity index is 1.69. The fourth-order valence-electron chi connectivity index (χ4n) is 4.73. The molecule has 0 N–H and O–H groups in total. The number of carbonyl (C=O) groups excluding carboxylic acids is 2. The van der Waals surface area contributed by atoms with E-state index in [0.29, 0.717) is 29.8 Å². The van der Waals surface area contributed by atoms with E-state index in [4.69, 9.17) is 0 Å². The van der Waals surface area contributed by atoms with Crippen LogP contribution in [0.4, 0.5) is 17.1 Å². The molecule has 2 aromatic rings. The number of carbonyl (C=O) groups is 2. The number of benzene rings is 2. The van der Waals surface area contributed by atoms with Crippen LogP contribution in [0, 0.1) is 0 Å². The van der Waals surface area contributed by atoms with Crippen molar-refractivity contribution in [3.63, 3.8) is 0 Å². The van der Waals surface area contributed by atoms with Crippen LogP contribution in [-0.4, -0.2) is 42.4 Å². The standard InChI is InChI=1S/C24H29N3O2/c1-17-9-8-10-18(2)26(17)16-15-23(28)27-20-12-5-4-11-19(20)24(29)25(3)21-13-6-7-14-22(21)27/h4-7,11-14,17-18H,8-10,15-16H2,1-3H3. The van der Waals surface area contributed by atoms with E-state index in [9.17, 15) is 9.59 Å². The first kappa shape index (κ1) is 19.6. The van der Waals surface area contributed by atoms with Crippen LogP contribution in [-0.2, 0) is 4.79 Å². The van der Waals surface area contributed by atoms with Crippen molar-refractivity contribution in [1.29, 1.82) is 0 Å². The molecule has 2 heterocycles. The van der Waals surface area contributed by atoms with Gasteiger partial charge in [0.25, 0.3) is 5.91 Å². The molecule has 4 rings (SSSR count). The van der Waals surface area contributed by atoms with Crippen molar-refractivity contribution in [3.8, 4) is 0 Å². The third-order valence-corrected chi connectivity index (χ3v) is 6.37. The average Bonchev–Trinajstić information content (AvgIpc) is 2.82. The highest BCUT2D eigenvalue weighted by Crippen LogP contribution is 2.40. The van der Waals surface area contributed by atoms with Crippen molar-refractivity contribution < 1.29 is 9.59 Å². The Hall–Kier alpha value is -2.66. The quantitative estimate of drug-likeness (QED) is 0.768. The number of hydrogen-bond donors (Lipinski definition) is 0. The second-order valence-corrected chi connectivity index (χ2v) is 8.22. The summed E-state index contributed by atoms with van der Waals surface area (Å²) in [6.07, 6.45) is 4.06. The van der Waals surface area contributed by atoms with Crippen LogP contribution in [0.5, 0.6) is 0 Å². The number of para-hydroxylation sites is 3. The third kappa shape index (κ3) is 3.55. The zero-order valence-electron chi connectivity index (χ0n) is 17.5. The molecule has 1 saturated heterocycles. The second-order valence-electron chi connectivity index (χ2n) is 8.22. The highest BCUT2D eigenvalue weighted by molar-refractivity contribution is 6.18. The van der Waals surface area contributed by atoms with Gasteiger partial charge in [-0.25, -0.2) is 0 Å². The van der Waals surface area contributed by atoms with E-state index in [1.54, 1.807) is 22.9 Å². The number of hydrogen-bond acceptors (Lipinski definition) is 3. The van der Waals surface area contributed by atoms with Crippen molar-refractivity contribution >= 4 is 28.9 Å². The van der Waals surface area contributed by atoms with Gasteiger partial charge in [-0.3, -0.25) is 19.4 Å². The van der Waals surface area contributed by atoms with Gasteiger partial charge in [-0.1, -0.05) is 30.7 Å². The van der Waals surface area contributed by atoms with E-state index in [-0.39, 0.29) is 11.8 Å². The van der Waals surface area contributed by atoms with E-state index in [2.05, 4.69) is 18.7 Å². The number of nitrogens with zero attached hydrogens (tertiary/aromatic N) is 3. The molecule has 5 heteroatoms. The predicted octanol–water partition coefficient (Wildman–Crippen LogP) is 4.59. The fourth-order valence-corrected chi connectivity index (χ4v) is 4.73. The van der Waals surface area contributed by atoms with E-state index < -0.39 is 0 Å². The maximum atomic E-state index is 13.5. The smallest absolute Gasteiger partial charge is 0.260 e. The number of likely N-dealkylation sites (tertiary alicyclic amines) is 1. The minimum Gasteiger partial charge on any atom is -0.309 e. The molecule has 2 aliphatic rings. The van der Waals surface area contributed by atoms with Crippen LogP contribution < -0.4 is 9.80 Å². The Morgan fingerprint density at radius 3 is 2.21 bits per heavy atom. The summed E-state index contributed by atoms with van der Waals surface area (Å²) in [5.41, 5.74) is 2.73. The summed E-state index contributed by atoms with van der Waals surface area (Å²) in [7, 11) is 1.77. The van der Waals surface area contributed by atoms with Gasteiger partial charge in [0.05, 0.1) is 22.6 Å². The van der Waals surface area contributed by atoms with E-state index in [1.165, 1.54) is 19.3 Å². The van der Waals surface area contributed by atoms with E-state index in [0.717, 1.165) is 17.9 Å². The largest absolute Gasteiger partial charge is 0.309 e. The topological polar surface area (TPSA) is 43.9 Å². The molecule has 0 saturated carbocycles. The highest BCUT2D eigenvalue weighted by Gasteiger charge is 2.32. The van der Waals surface area contributed by atoms with Crippen LogP contribution in [0.15, 0.2) is 48.5 Å².